The Morgan fingerprint density at radius 1 is 0.933 bits per heavy atom. The molecule has 0 aromatic carbocycles. The number of nitrogens with zero attached hydrogens (tertiary/aromatic N) is 1. The third kappa shape index (κ3) is 8.04. The van der Waals surface area contributed by atoms with Crippen LogP contribution in [0.4, 0.5) is 5.69 Å². The molecular formula is C27H46N2O. The first-order chi connectivity index (χ1) is 14.7. The van der Waals surface area contributed by atoms with E-state index in [-0.39, 0.29) is 5.91 Å². The minimum Gasteiger partial charge on any atom is -0.324 e. The van der Waals surface area contributed by atoms with E-state index in [1.54, 1.807) is 0 Å². The van der Waals surface area contributed by atoms with Crippen LogP contribution in [0.25, 0.3) is 0 Å². The highest BCUT2D eigenvalue weighted by Gasteiger charge is 2.23. The van der Waals surface area contributed by atoms with Gasteiger partial charge in [-0.05, 0) is 49.1 Å². The van der Waals surface area contributed by atoms with E-state index in [1.165, 1.54) is 87.4 Å². The fourth-order valence-corrected chi connectivity index (χ4v) is 5.03. The zero-order valence-corrected chi connectivity index (χ0v) is 20.0. The molecule has 0 atom stereocenters. The van der Waals surface area contributed by atoms with E-state index in [0.29, 0.717) is 12.3 Å². The molecular weight excluding hydrogens is 368 g/mol. The van der Waals surface area contributed by atoms with Gasteiger partial charge >= 0.3 is 0 Å². The number of amides is 1. The van der Waals surface area contributed by atoms with Crippen LogP contribution in [0.1, 0.15) is 140 Å². The van der Waals surface area contributed by atoms with Gasteiger partial charge in [-0.15, -0.1) is 0 Å². The van der Waals surface area contributed by atoms with Crippen molar-refractivity contribution in [2.45, 2.75) is 136 Å². The molecule has 1 amide bonds. The summed E-state index contributed by atoms with van der Waals surface area (Å²) < 4.78 is 0. The molecule has 170 valence electrons. The van der Waals surface area contributed by atoms with Crippen molar-refractivity contribution in [1.82, 2.24) is 4.98 Å². The molecule has 3 nitrogen and oxygen atoms in total. The Bertz CT molecular complexity index is 618. The zero-order chi connectivity index (χ0) is 21.6. The first kappa shape index (κ1) is 24.9. The molecule has 1 aromatic heterocycles. The number of unbranched alkanes of at least 4 members (excludes halogenated alkanes) is 5. The van der Waals surface area contributed by atoms with Gasteiger partial charge in [0.05, 0.1) is 11.9 Å². The van der Waals surface area contributed by atoms with Gasteiger partial charge in [-0.1, -0.05) is 91.4 Å². The molecule has 0 unspecified atom stereocenters. The Balaban J connectivity index is 2.14. The lowest BCUT2D eigenvalue weighted by atomic mass is 9.81. The first-order valence-electron chi connectivity index (χ1n) is 13.0. The number of pyridine rings is 1. The lowest BCUT2D eigenvalue weighted by Crippen LogP contribution is -2.18. The van der Waals surface area contributed by atoms with Crippen molar-refractivity contribution in [2.75, 3.05) is 5.32 Å². The highest BCUT2D eigenvalue weighted by Crippen LogP contribution is 2.38. The maximum Gasteiger partial charge on any atom is 0.224 e. The van der Waals surface area contributed by atoms with E-state index in [4.69, 9.17) is 4.98 Å². The number of aromatic nitrogens is 1. The van der Waals surface area contributed by atoms with Crippen molar-refractivity contribution in [3.05, 3.63) is 23.0 Å². The lowest BCUT2D eigenvalue weighted by molar-refractivity contribution is -0.116. The molecule has 0 aliphatic heterocycles. The summed E-state index contributed by atoms with van der Waals surface area (Å²) >= 11 is 0. The normalized spacial score (nSPS) is 15.6. The summed E-state index contributed by atoms with van der Waals surface area (Å²) in [7, 11) is 0. The molecule has 0 saturated heterocycles. The highest BCUT2D eigenvalue weighted by atomic mass is 16.1. The Kier molecular flexibility index (Phi) is 12.1. The summed E-state index contributed by atoms with van der Waals surface area (Å²) in [5, 5.41) is 3.29. The second kappa shape index (κ2) is 14.6. The third-order valence-electron chi connectivity index (χ3n) is 6.69. The molecule has 3 heteroatoms. The van der Waals surface area contributed by atoms with Crippen LogP contribution in [0, 0.1) is 0 Å². The molecule has 0 bridgehead atoms. The van der Waals surface area contributed by atoms with Crippen LogP contribution in [0.2, 0.25) is 0 Å². The second-order valence-corrected chi connectivity index (χ2v) is 9.22. The van der Waals surface area contributed by atoms with Gasteiger partial charge in [-0.2, -0.15) is 0 Å². The van der Waals surface area contributed by atoms with E-state index in [9.17, 15) is 4.79 Å². The predicted molar refractivity (Wildman–Crippen MR) is 129 cm³/mol. The number of aryl methyl sites for hydroxylation is 1. The van der Waals surface area contributed by atoms with Crippen LogP contribution in [0.3, 0.4) is 0 Å². The van der Waals surface area contributed by atoms with Gasteiger partial charge in [0, 0.05) is 12.1 Å². The fourth-order valence-electron chi connectivity index (χ4n) is 5.03. The Morgan fingerprint density at radius 3 is 2.27 bits per heavy atom. The number of nitrogens with one attached hydrogen (secondary N) is 1. The maximum absolute atomic E-state index is 12.7. The van der Waals surface area contributed by atoms with Crippen molar-refractivity contribution in [3.63, 3.8) is 0 Å². The minimum atomic E-state index is 0.172. The minimum absolute atomic E-state index is 0.172. The number of hydrogen-bond donors (Lipinski definition) is 1. The summed E-state index contributed by atoms with van der Waals surface area (Å²) in [5.41, 5.74) is 5.12. The van der Waals surface area contributed by atoms with Crippen LogP contribution in [0.5, 0.6) is 0 Å². The van der Waals surface area contributed by atoms with E-state index in [2.05, 4.69) is 26.1 Å². The standard InChI is InChI=1S/C27H46N2O/c1-4-7-8-9-13-16-20-26(30)29-25-21-28-24(6-3)23(17-5-2)27(25)22-18-14-11-10-12-15-19-22/h21-22H,4-20H2,1-3H3,(H,29,30). The summed E-state index contributed by atoms with van der Waals surface area (Å²) in [4.78, 5) is 17.5. The molecule has 2 rings (SSSR count). The van der Waals surface area contributed by atoms with Gasteiger partial charge in [0.2, 0.25) is 5.91 Å². The molecule has 1 aliphatic carbocycles. The largest absolute Gasteiger partial charge is 0.324 e. The fraction of sp³-hybridized carbons (Fsp3) is 0.778. The summed E-state index contributed by atoms with van der Waals surface area (Å²) in [5.74, 6) is 0.746. The number of carbonyl (C=O) groups is 1. The maximum atomic E-state index is 12.7. The smallest absolute Gasteiger partial charge is 0.224 e. The number of carbonyl (C=O) groups excluding carboxylic acids is 1. The van der Waals surface area contributed by atoms with E-state index in [1.807, 2.05) is 6.20 Å². The molecule has 1 fully saturated rings. The van der Waals surface area contributed by atoms with Gasteiger partial charge in [0.25, 0.3) is 0 Å². The van der Waals surface area contributed by atoms with Gasteiger partial charge in [-0.3, -0.25) is 9.78 Å². The quantitative estimate of drug-likeness (QED) is 0.351. The number of rotatable bonds is 12. The summed E-state index contributed by atoms with van der Waals surface area (Å²) in [6, 6.07) is 0. The van der Waals surface area contributed by atoms with Gasteiger partial charge < -0.3 is 5.32 Å². The van der Waals surface area contributed by atoms with Crippen LogP contribution in [-0.4, -0.2) is 10.9 Å². The van der Waals surface area contributed by atoms with Crippen LogP contribution < -0.4 is 5.32 Å². The van der Waals surface area contributed by atoms with Crippen molar-refractivity contribution in [3.8, 4) is 0 Å². The zero-order valence-electron chi connectivity index (χ0n) is 20.0. The van der Waals surface area contributed by atoms with Crippen molar-refractivity contribution in [1.29, 1.82) is 0 Å². The number of anilines is 1. The van der Waals surface area contributed by atoms with E-state index < -0.39 is 0 Å². The van der Waals surface area contributed by atoms with Gasteiger partial charge in [0.1, 0.15) is 0 Å². The first-order valence-corrected chi connectivity index (χ1v) is 13.0. The van der Waals surface area contributed by atoms with Crippen LogP contribution in [0.15, 0.2) is 6.20 Å². The average molecular weight is 415 g/mol. The van der Waals surface area contributed by atoms with Crippen molar-refractivity contribution in [2.24, 2.45) is 0 Å². The van der Waals surface area contributed by atoms with Crippen molar-refractivity contribution < 1.29 is 4.79 Å². The molecule has 1 saturated carbocycles. The molecule has 30 heavy (non-hydrogen) atoms. The molecule has 1 heterocycles. The van der Waals surface area contributed by atoms with Gasteiger partial charge in [0.15, 0.2) is 0 Å². The Labute approximate surface area is 185 Å². The average Bonchev–Trinajstić information content (AvgIpc) is 2.72. The molecule has 1 aliphatic rings. The van der Waals surface area contributed by atoms with Crippen LogP contribution in [-0.2, 0) is 17.6 Å². The Morgan fingerprint density at radius 2 is 1.60 bits per heavy atom. The monoisotopic (exact) mass is 414 g/mol. The summed E-state index contributed by atoms with van der Waals surface area (Å²) in [6.07, 6.45) is 22.3. The molecule has 0 radical (unpaired) electrons. The van der Waals surface area contributed by atoms with Crippen LogP contribution >= 0.6 is 0 Å². The summed E-state index contributed by atoms with van der Waals surface area (Å²) in [6.45, 7) is 6.71. The highest BCUT2D eigenvalue weighted by molar-refractivity contribution is 5.91. The van der Waals surface area contributed by atoms with E-state index in [0.717, 1.165) is 37.8 Å². The topological polar surface area (TPSA) is 42.0 Å². The van der Waals surface area contributed by atoms with Gasteiger partial charge in [-0.25, -0.2) is 0 Å². The molecule has 0 spiro atoms. The van der Waals surface area contributed by atoms with E-state index >= 15 is 0 Å². The predicted octanol–water partition coefficient (Wildman–Crippen LogP) is 8.11. The molecule has 1 aromatic rings. The molecule has 1 N–H and O–H groups in total. The lowest BCUT2D eigenvalue weighted by Gasteiger charge is -2.27. The van der Waals surface area contributed by atoms with Crippen molar-refractivity contribution >= 4 is 11.6 Å². The number of hydrogen-bond acceptors (Lipinski definition) is 2. The SMILES string of the molecule is CCCCCCCCC(=O)Nc1cnc(CC)c(CCC)c1C1CCCCCCC1. The Hall–Kier alpha value is -1.38. The second-order valence-electron chi connectivity index (χ2n) is 9.22. The third-order valence-corrected chi connectivity index (χ3v) is 6.69.